The van der Waals surface area contributed by atoms with Gasteiger partial charge in [-0.15, -0.1) is 0 Å². The second-order valence-electron chi connectivity index (χ2n) is 5.73. The van der Waals surface area contributed by atoms with Crippen molar-refractivity contribution >= 4 is 5.97 Å². The molecule has 0 amide bonds. The van der Waals surface area contributed by atoms with Gasteiger partial charge in [-0.1, -0.05) is 0 Å². The van der Waals surface area contributed by atoms with Gasteiger partial charge in [0, 0.05) is 6.04 Å². The predicted molar refractivity (Wildman–Crippen MR) is 75.2 cm³/mol. The summed E-state index contributed by atoms with van der Waals surface area (Å²) in [6.07, 6.45) is 6.77. The number of esters is 1. The van der Waals surface area contributed by atoms with Crippen LogP contribution in [-0.2, 0) is 9.53 Å². The average molecular weight is 280 g/mol. The summed E-state index contributed by atoms with van der Waals surface area (Å²) in [6.45, 7) is 6.37. The summed E-state index contributed by atoms with van der Waals surface area (Å²) in [6, 6.07) is 0.427. The third kappa shape index (κ3) is 3.17. The zero-order valence-electron chi connectivity index (χ0n) is 12.5. The fourth-order valence-corrected chi connectivity index (χ4v) is 3.07. The van der Waals surface area contributed by atoms with Crippen molar-refractivity contribution in [2.75, 3.05) is 6.61 Å². The highest BCUT2D eigenvalue weighted by atomic mass is 16.5. The number of nitrogens with zero attached hydrogens (tertiary/aromatic N) is 3. The van der Waals surface area contributed by atoms with Crippen LogP contribution in [0.25, 0.3) is 0 Å². The number of carbonyl (C=O) groups is 1. The van der Waals surface area contributed by atoms with E-state index in [9.17, 15) is 4.79 Å². The lowest BCUT2D eigenvalue weighted by Crippen LogP contribution is -2.58. The van der Waals surface area contributed by atoms with Gasteiger partial charge in [0.05, 0.1) is 12.6 Å². The summed E-state index contributed by atoms with van der Waals surface area (Å²) >= 11 is 0. The Kier molecular flexibility index (Phi) is 4.75. The first-order valence-corrected chi connectivity index (χ1v) is 7.36. The van der Waals surface area contributed by atoms with Gasteiger partial charge in [-0.05, 0) is 46.5 Å². The molecule has 0 spiro atoms. The van der Waals surface area contributed by atoms with E-state index in [0.29, 0.717) is 13.0 Å². The zero-order valence-corrected chi connectivity index (χ0v) is 12.5. The second-order valence-corrected chi connectivity index (χ2v) is 5.73. The molecule has 1 aliphatic rings. The van der Waals surface area contributed by atoms with Crippen molar-refractivity contribution in [3.8, 4) is 0 Å². The van der Waals surface area contributed by atoms with Crippen molar-refractivity contribution in [2.45, 2.75) is 64.1 Å². The molecule has 6 heteroatoms. The van der Waals surface area contributed by atoms with Gasteiger partial charge in [0.1, 0.15) is 18.2 Å². The van der Waals surface area contributed by atoms with E-state index in [1.54, 1.807) is 6.33 Å². The first kappa shape index (κ1) is 15.0. The van der Waals surface area contributed by atoms with Crippen LogP contribution in [0.2, 0.25) is 0 Å². The highest BCUT2D eigenvalue weighted by Crippen LogP contribution is 2.36. The third-order valence-corrected chi connectivity index (χ3v) is 3.77. The van der Waals surface area contributed by atoms with Crippen LogP contribution in [0.5, 0.6) is 0 Å². The van der Waals surface area contributed by atoms with Crippen molar-refractivity contribution in [3.05, 3.63) is 12.7 Å². The molecule has 2 unspecified atom stereocenters. The average Bonchev–Trinajstić information content (AvgIpc) is 2.92. The summed E-state index contributed by atoms with van der Waals surface area (Å²) in [5.74, 6) is -0.140. The summed E-state index contributed by atoms with van der Waals surface area (Å²) in [4.78, 5) is 16.4. The third-order valence-electron chi connectivity index (χ3n) is 3.77. The maximum Gasteiger partial charge on any atom is 0.326 e. The monoisotopic (exact) mass is 280 g/mol. The molecule has 20 heavy (non-hydrogen) atoms. The molecule has 0 aliphatic heterocycles. The molecule has 0 aromatic carbocycles. The first-order valence-electron chi connectivity index (χ1n) is 7.36. The van der Waals surface area contributed by atoms with Crippen LogP contribution in [0.15, 0.2) is 12.7 Å². The molecule has 0 saturated heterocycles. The molecule has 1 aromatic heterocycles. The van der Waals surface area contributed by atoms with Gasteiger partial charge in [-0.3, -0.25) is 10.1 Å². The van der Waals surface area contributed by atoms with Crippen LogP contribution >= 0.6 is 0 Å². The Hall–Kier alpha value is -1.43. The van der Waals surface area contributed by atoms with E-state index >= 15 is 0 Å². The number of nitrogens with one attached hydrogen (secondary N) is 1. The summed E-state index contributed by atoms with van der Waals surface area (Å²) in [7, 11) is 0. The second kappa shape index (κ2) is 6.35. The van der Waals surface area contributed by atoms with E-state index in [2.05, 4.69) is 29.2 Å². The van der Waals surface area contributed by atoms with Crippen LogP contribution in [0.3, 0.4) is 0 Å². The molecule has 1 N–H and O–H groups in total. The summed E-state index contributed by atoms with van der Waals surface area (Å²) < 4.78 is 7.16. The molecule has 1 heterocycles. The summed E-state index contributed by atoms with van der Waals surface area (Å²) in [5.41, 5.74) is -0.598. The Morgan fingerprint density at radius 2 is 2.40 bits per heavy atom. The van der Waals surface area contributed by atoms with Gasteiger partial charge in [0.2, 0.25) is 0 Å². The molecule has 6 nitrogen and oxygen atoms in total. The van der Waals surface area contributed by atoms with Crippen LogP contribution in [0, 0.1) is 0 Å². The number of ether oxygens (including phenoxy) is 1. The Morgan fingerprint density at radius 3 is 3.00 bits per heavy atom. The number of aromatic nitrogens is 3. The quantitative estimate of drug-likeness (QED) is 0.831. The molecule has 1 fully saturated rings. The van der Waals surface area contributed by atoms with Gasteiger partial charge >= 0.3 is 5.97 Å². The number of carbonyl (C=O) groups excluding carboxylic acids is 1. The highest BCUT2D eigenvalue weighted by Gasteiger charge is 2.45. The van der Waals surface area contributed by atoms with Crippen molar-refractivity contribution in [3.63, 3.8) is 0 Å². The maximum absolute atomic E-state index is 12.4. The lowest BCUT2D eigenvalue weighted by molar-refractivity contribution is -0.154. The van der Waals surface area contributed by atoms with Gasteiger partial charge in [-0.2, -0.15) is 5.10 Å². The minimum absolute atomic E-state index is 0.140. The Bertz CT molecular complexity index is 432. The van der Waals surface area contributed by atoms with Gasteiger partial charge in [0.25, 0.3) is 0 Å². The van der Waals surface area contributed by atoms with Gasteiger partial charge in [-0.25, -0.2) is 9.67 Å². The fraction of sp³-hybridized carbons (Fsp3) is 0.786. The normalized spacial score (nSPS) is 26.7. The molecule has 2 atom stereocenters. The van der Waals surface area contributed by atoms with Crippen LogP contribution in [0.1, 0.15) is 52.5 Å². The Morgan fingerprint density at radius 1 is 1.60 bits per heavy atom. The van der Waals surface area contributed by atoms with Crippen molar-refractivity contribution in [1.82, 2.24) is 20.1 Å². The van der Waals surface area contributed by atoms with E-state index in [1.807, 2.05) is 11.6 Å². The topological polar surface area (TPSA) is 69.0 Å². The van der Waals surface area contributed by atoms with Crippen molar-refractivity contribution in [1.29, 1.82) is 0 Å². The standard InChI is InChI=1S/C14H24N4O2/c1-4-20-13(19)14(17-11(2)3)7-5-6-12(8-14)18-10-15-9-16-18/h9-12,17H,4-8H2,1-3H3. The minimum Gasteiger partial charge on any atom is -0.465 e. The van der Waals surface area contributed by atoms with E-state index in [-0.39, 0.29) is 18.1 Å². The van der Waals surface area contributed by atoms with Crippen LogP contribution in [0.4, 0.5) is 0 Å². The zero-order chi connectivity index (χ0) is 14.6. The van der Waals surface area contributed by atoms with E-state index in [0.717, 1.165) is 19.3 Å². The number of rotatable bonds is 5. The lowest BCUT2D eigenvalue weighted by Gasteiger charge is -2.40. The smallest absolute Gasteiger partial charge is 0.326 e. The largest absolute Gasteiger partial charge is 0.465 e. The SMILES string of the molecule is CCOC(=O)C1(NC(C)C)CCCC(n2cncn2)C1. The number of hydrogen-bond donors (Lipinski definition) is 1. The van der Waals surface area contributed by atoms with Gasteiger partial charge < -0.3 is 4.74 Å². The van der Waals surface area contributed by atoms with Gasteiger partial charge in [0.15, 0.2) is 0 Å². The van der Waals surface area contributed by atoms with E-state index < -0.39 is 5.54 Å². The summed E-state index contributed by atoms with van der Waals surface area (Å²) in [5, 5.41) is 7.65. The molecule has 1 aliphatic carbocycles. The Balaban J connectivity index is 2.19. The first-order chi connectivity index (χ1) is 9.57. The molecular formula is C14H24N4O2. The molecule has 2 rings (SSSR count). The lowest BCUT2D eigenvalue weighted by atomic mass is 9.78. The maximum atomic E-state index is 12.4. The van der Waals surface area contributed by atoms with E-state index in [4.69, 9.17) is 4.74 Å². The fourth-order valence-electron chi connectivity index (χ4n) is 3.07. The van der Waals surface area contributed by atoms with Crippen LogP contribution < -0.4 is 5.32 Å². The van der Waals surface area contributed by atoms with Crippen molar-refractivity contribution in [2.24, 2.45) is 0 Å². The van der Waals surface area contributed by atoms with Crippen molar-refractivity contribution < 1.29 is 9.53 Å². The predicted octanol–water partition coefficient (Wildman–Crippen LogP) is 1.69. The molecule has 1 aromatic rings. The molecule has 0 radical (unpaired) electrons. The molecular weight excluding hydrogens is 256 g/mol. The number of hydrogen-bond acceptors (Lipinski definition) is 5. The Labute approximate surface area is 119 Å². The molecule has 1 saturated carbocycles. The molecule has 112 valence electrons. The van der Waals surface area contributed by atoms with Crippen LogP contribution in [-0.4, -0.2) is 38.9 Å². The minimum atomic E-state index is -0.598. The highest BCUT2D eigenvalue weighted by molar-refractivity contribution is 5.81. The van der Waals surface area contributed by atoms with E-state index in [1.165, 1.54) is 6.33 Å². The molecule has 0 bridgehead atoms.